The number of nitrogens with zero attached hydrogens (tertiary/aromatic N) is 3. The lowest BCUT2D eigenvalue weighted by Gasteiger charge is -2.20. The fraction of sp³-hybridized carbons (Fsp3) is 0.385. The molecule has 8 heteroatoms. The van der Waals surface area contributed by atoms with Crippen LogP contribution >= 0.6 is 0 Å². The Kier molecular flexibility index (Phi) is 6.16. The molecule has 0 unspecified atom stereocenters. The van der Waals surface area contributed by atoms with E-state index >= 15 is 0 Å². The summed E-state index contributed by atoms with van der Waals surface area (Å²) in [5, 5.41) is 0.542. The lowest BCUT2D eigenvalue weighted by molar-refractivity contribution is -0.131. The topological polar surface area (TPSA) is 79.7 Å². The first-order valence-corrected chi connectivity index (χ1v) is 13.6. The van der Waals surface area contributed by atoms with Crippen LogP contribution in [-0.4, -0.2) is 55.1 Å². The standard InChI is InChI=1S/C26H29N3O4S/c30-25(27-14-7-1-2-8-15-27)18-28-17-24(21-10-4-6-12-23(21)28)34(32,33)19-26(31)29-16-13-20-9-3-5-11-22(20)29/h3-6,9-12,17H,1-2,7-8,13-16,18-19H2. The molecule has 0 aliphatic carbocycles. The van der Waals surface area contributed by atoms with E-state index in [4.69, 9.17) is 0 Å². The summed E-state index contributed by atoms with van der Waals surface area (Å²) in [5.41, 5.74) is 2.52. The van der Waals surface area contributed by atoms with Gasteiger partial charge in [0.05, 0.1) is 4.90 Å². The molecular formula is C26H29N3O4S. The smallest absolute Gasteiger partial charge is 0.242 e. The highest BCUT2D eigenvalue weighted by atomic mass is 32.2. The van der Waals surface area contributed by atoms with Crippen LogP contribution in [0.4, 0.5) is 5.69 Å². The summed E-state index contributed by atoms with van der Waals surface area (Å²) >= 11 is 0. The van der Waals surface area contributed by atoms with Crippen LogP contribution in [0.15, 0.2) is 59.6 Å². The number of hydrogen-bond acceptors (Lipinski definition) is 4. The van der Waals surface area contributed by atoms with Gasteiger partial charge in [0.15, 0.2) is 9.84 Å². The predicted molar refractivity (Wildman–Crippen MR) is 132 cm³/mol. The molecule has 5 rings (SSSR count). The van der Waals surface area contributed by atoms with E-state index in [2.05, 4.69) is 0 Å². The molecule has 3 aromatic rings. The fourth-order valence-corrected chi connectivity index (χ4v) is 6.51. The zero-order valence-corrected chi connectivity index (χ0v) is 20.0. The van der Waals surface area contributed by atoms with Crippen LogP contribution in [0.3, 0.4) is 0 Å². The van der Waals surface area contributed by atoms with Gasteiger partial charge in [0.25, 0.3) is 0 Å². The number of benzene rings is 2. The number of para-hydroxylation sites is 2. The number of anilines is 1. The maximum absolute atomic E-state index is 13.4. The first kappa shape index (κ1) is 22.7. The third-order valence-corrected chi connectivity index (χ3v) is 8.48. The van der Waals surface area contributed by atoms with E-state index in [1.165, 1.54) is 6.20 Å². The number of likely N-dealkylation sites (tertiary alicyclic amines) is 1. The first-order chi connectivity index (χ1) is 16.4. The highest BCUT2D eigenvalue weighted by Gasteiger charge is 2.31. The Balaban J connectivity index is 1.41. The SMILES string of the molecule is O=C(Cn1cc(S(=O)(=O)CC(=O)N2CCc3ccccc32)c2ccccc21)N1CCCCCC1. The van der Waals surface area contributed by atoms with Crippen molar-refractivity contribution in [3.63, 3.8) is 0 Å². The minimum Gasteiger partial charge on any atom is -0.341 e. The Labute approximate surface area is 199 Å². The number of amides is 2. The number of rotatable bonds is 5. The van der Waals surface area contributed by atoms with Crippen LogP contribution in [0.5, 0.6) is 0 Å². The second-order valence-corrected chi connectivity index (χ2v) is 11.1. The minimum atomic E-state index is -3.91. The zero-order valence-electron chi connectivity index (χ0n) is 19.2. The van der Waals surface area contributed by atoms with E-state index < -0.39 is 21.5 Å². The van der Waals surface area contributed by atoms with Crippen molar-refractivity contribution in [1.29, 1.82) is 0 Å². The maximum atomic E-state index is 13.4. The second kappa shape index (κ2) is 9.25. The molecule has 1 fully saturated rings. The Bertz CT molecular complexity index is 1340. The van der Waals surface area contributed by atoms with E-state index in [-0.39, 0.29) is 17.3 Å². The maximum Gasteiger partial charge on any atom is 0.242 e. The van der Waals surface area contributed by atoms with Gasteiger partial charge in [-0.15, -0.1) is 0 Å². The molecule has 2 aliphatic heterocycles. The van der Waals surface area contributed by atoms with Crippen LogP contribution < -0.4 is 4.90 Å². The summed E-state index contributed by atoms with van der Waals surface area (Å²) in [6.07, 6.45) is 6.52. The van der Waals surface area contributed by atoms with Crippen LogP contribution in [0.25, 0.3) is 10.9 Å². The Morgan fingerprint density at radius 3 is 2.32 bits per heavy atom. The lowest BCUT2D eigenvalue weighted by atomic mass is 10.2. The second-order valence-electron chi connectivity index (χ2n) is 9.12. The van der Waals surface area contributed by atoms with Gasteiger partial charge < -0.3 is 14.4 Å². The summed E-state index contributed by atoms with van der Waals surface area (Å²) in [4.78, 5) is 29.6. The highest BCUT2D eigenvalue weighted by Crippen LogP contribution is 2.30. The Morgan fingerprint density at radius 2 is 1.53 bits per heavy atom. The number of hydrogen-bond donors (Lipinski definition) is 0. The fourth-order valence-electron chi connectivity index (χ4n) is 5.07. The van der Waals surface area contributed by atoms with Crippen LogP contribution in [0.2, 0.25) is 0 Å². The third kappa shape index (κ3) is 4.34. The number of aromatic nitrogens is 1. The van der Waals surface area contributed by atoms with Crippen molar-refractivity contribution < 1.29 is 18.0 Å². The molecule has 0 saturated carbocycles. The minimum absolute atomic E-state index is 0.00338. The Hall–Kier alpha value is -3.13. The van der Waals surface area contributed by atoms with Crippen LogP contribution in [0.1, 0.15) is 31.2 Å². The quantitative estimate of drug-likeness (QED) is 0.562. The van der Waals surface area contributed by atoms with Gasteiger partial charge in [-0.2, -0.15) is 0 Å². The monoisotopic (exact) mass is 479 g/mol. The number of carbonyl (C=O) groups is 2. The summed E-state index contributed by atoms with van der Waals surface area (Å²) in [5.74, 6) is -1.03. The van der Waals surface area contributed by atoms with E-state index in [9.17, 15) is 18.0 Å². The van der Waals surface area contributed by atoms with Crippen molar-refractivity contribution in [1.82, 2.24) is 9.47 Å². The molecule has 0 radical (unpaired) electrons. The number of sulfone groups is 1. The molecular weight excluding hydrogens is 450 g/mol. The van der Waals surface area contributed by atoms with Crippen molar-refractivity contribution in [2.45, 2.75) is 43.5 Å². The Morgan fingerprint density at radius 1 is 0.824 bits per heavy atom. The number of fused-ring (bicyclic) bond motifs is 2. The van der Waals surface area contributed by atoms with E-state index in [1.54, 1.807) is 21.6 Å². The molecule has 0 atom stereocenters. The van der Waals surface area contributed by atoms with Gasteiger partial charge in [-0.25, -0.2) is 8.42 Å². The molecule has 34 heavy (non-hydrogen) atoms. The van der Waals surface area contributed by atoms with Crippen molar-refractivity contribution in [3.8, 4) is 0 Å². The lowest BCUT2D eigenvalue weighted by Crippen LogP contribution is -2.34. The van der Waals surface area contributed by atoms with Crippen molar-refractivity contribution in [2.75, 3.05) is 30.3 Å². The van der Waals surface area contributed by atoms with Crippen molar-refractivity contribution >= 4 is 38.2 Å². The van der Waals surface area contributed by atoms with Gasteiger partial charge in [-0.05, 0) is 37.0 Å². The van der Waals surface area contributed by atoms with Crippen LogP contribution in [-0.2, 0) is 32.4 Å². The molecule has 0 bridgehead atoms. The largest absolute Gasteiger partial charge is 0.341 e. The van der Waals surface area contributed by atoms with Gasteiger partial charge >= 0.3 is 0 Å². The average Bonchev–Trinajstić information content (AvgIpc) is 3.31. The molecule has 3 heterocycles. The molecule has 1 aromatic heterocycles. The highest BCUT2D eigenvalue weighted by molar-refractivity contribution is 7.92. The predicted octanol–water partition coefficient (Wildman–Crippen LogP) is 3.41. The van der Waals surface area contributed by atoms with Crippen LogP contribution in [0, 0.1) is 0 Å². The molecule has 1 saturated heterocycles. The summed E-state index contributed by atoms with van der Waals surface area (Å²) in [7, 11) is -3.91. The summed E-state index contributed by atoms with van der Waals surface area (Å²) in [6, 6.07) is 14.8. The van der Waals surface area contributed by atoms with E-state index in [0.717, 1.165) is 56.4 Å². The van der Waals surface area contributed by atoms with E-state index in [1.807, 2.05) is 41.3 Å². The molecule has 178 valence electrons. The van der Waals surface area contributed by atoms with Crippen molar-refractivity contribution in [2.24, 2.45) is 0 Å². The molecule has 0 N–H and O–H groups in total. The van der Waals surface area contributed by atoms with E-state index in [0.29, 0.717) is 17.4 Å². The average molecular weight is 480 g/mol. The number of carbonyl (C=O) groups excluding carboxylic acids is 2. The summed E-state index contributed by atoms with van der Waals surface area (Å²) < 4.78 is 28.5. The normalized spacial score (nSPS) is 16.5. The molecule has 2 amide bonds. The van der Waals surface area contributed by atoms with Crippen molar-refractivity contribution in [3.05, 3.63) is 60.3 Å². The van der Waals surface area contributed by atoms with Gasteiger partial charge in [-0.3, -0.25) is 9.59 Å². The van der Waals surface area contributed by atoms with Gasteiger partial charge in [0.1, 0.15) is 12.3 Å². The third-order valence-electron chi connectivity index (χ3n) is 6.85. The molecule has 7 nitrogen and oxygen atoms in total. The van der Waals surface area contributed by atoms with Gasteiger partial charge in [-0.1, -0.05) is 49.2 Å². The van der Waals surface area contributed by atoms with Gasteiger partial charge in [0, 0.05) is 42.4 Å². The van der Waals surface area contributed by atoms with Gasteiger partial charge in [0.2, 0.25) is 11.8 Å². The molecule has 2 aliphatic rings. The molecule has 0 spiro atoms. The zero-order chi connectivity index (χ0) is 23.7. The molecule has 2 aromatic carbocycles. The summed E-state index contributed by atoms with van der Waals surface area (Å²) in [6.45, 7) is 2.06. The first-order valence-electron chi connectivity index (χ1n) is 11.9.